The van der Waals surface area contributed by atoms with Crippen LogP contribution in [0.15, 0.2) is 24.8 Å². The van der Waals surface area contributed by atoms with Crippen LogP contribution < -0.4 is 10.6 Å². The molecule has 1 amide bonds. The van der Waals surface area contributed by atoms with Gasteiger partial charge in [-0.05, 0) is 32.4 Å². The van der Waals surface area contributed by atoms with E-state index in [-0.39, 0.29) is 11.9 Å². The van der Waals surface area contributed by atoms with Gasteiger partial charge in [-0.3, -0.25) is 4.79 Å². The first-order chi connectivity index (χ1) is 8.17. The molecule has 0 radical (unpaired) electrons. The van der Waals surface area contributed by atoms with E-state index in [0.717, 1.165) is 6.42 Å². The van der Waals surface area contributed by atoms with E-state index in [4.69, 9.17) is 0 Å². The van der Waals surface area contributed by atoms with E-state index in [1.807, 2.05) is 19.9 Å². The molecule has 2 N–H and O–H groups in total. The summed E-state index contributed by atoms with van der Waals surface area (Å²) in [4.78, 5) is 11.4. The Morgan fingerprint density at radius 1 is 1.53 bits per heavy atom. The second-order valence-corrected chi connectivity index (χ2v) is 3.73. The molecule has 0 aromatic carbocycles. The Morgan fingerprint density at radius 3 is 2.82 bits per heavy atom. The topological polar surface area (TPSA) is 66.9 Å². The number of nitrogens with zero attached hydrogens (tertiary/aromatic N) is 2. The van der Waals surface area contributed by atoms with Crippen LogP contribution in [-0.4, -0.2) is 28.7 Å². The number of carbonyl (C=O) groups excluding carboxylic acids is 1. The lowest BCUT2D eigenvalue weighted by atomic mass is 10.2. The molecule has 0 saturated carbocycles. The van der Waals surface area contributed by atoms with Crippen LogP contribution in [0.4, 0.5) is 5.82 Å². The molecule has 1 rings (SSSR count). The number of hydrogen-bond acceptors (Lipinski definition) is 4. The maximum Gasteiger partial charge on any atom is 0.271 e. The van der Waals surface area contributed by atoms with E-state index in [1.165, 1.54) is 0 Å². The predicted molar refractivity (Wildman–Crippen MR) is 67.9 cm³/mol. The first-order valence-corrected chi connectivity index (χ1v) is 5.66. The molecule has 0 aliphatic heterocycles. The van der Waals surface area contributed by atoms with Crippen LogP contribution in [0.3, 0.4) is 0 Å². The predicted octanol–water partition coefficient (Wildman–Crippen LogP) is 1.60. The van der Waals surface area contributed by atoms with Gasteiger partial charge in [-0.2, -0.15) is 0 Å². The van der Waals surface area contributed by atoms with Gasteiger partial charge >= 0.3 is 0 Å². The van der Waals surface area contributed by atoms with Crippen LogP contribution >= 0.6 is 0 Å². The van der Waals surface area contributed by atoms with Gasteiger partial charge in [-0.25, -0.2) is 0 Å². The molecule has 0 bridgehead atoms. The van der Waals surface area contributed by atoms with E-state index >= 15 is 0 Å². The largest absolute Gasteiger partial charge is 0.366 e. The first-order valence-electron chi connectivity index (χ1n) is 5.66. The van der Waals surface area contributed by atoms with Crippen molar-refractivity contribution in [3.8, 4) is 0 Å². The fourth-order valence-electron chi connectivity index (χ4n) is 1.34. The van der Waals surface area contributed by atoms with E-state index in [9.17, 15) is 4.79 Å². The summed E-state index contributed by atoms with van der Waals surface area (Å²) in [7, 11) is 0. The Labute approximate surface area is 101 Å². The zero-order chi connectivity index (χ0) is 12.7. The molecule has 0 aliphatic rings. The van der Waals surface area contributed by atoms with Gasteiger partial charge in [0.05, 0.1) is 0 Å². The third kappa shape index (κ3) is 4.22. The highest BCUT2D eigenvalue weighted by molar-refractivity contribution is 5.92. The number of amides is 1. The molecule has 0 spiro atoms. The quantitative estimate of drug-likeness (QED) is 0.734. The molecule has 0 fully saturated rings. The van der Waals surface area contributed by atoms with Crippen molar-refractivity contribution in [3.63, 3.8) is 0 Å². The number of anilines is 1. The number of carbonyl (C=O) groups is 1. The summed E-state index contributed by atoms with van der Waals surface area (Å²) in [6.45, 7) is 8.14. The van der Waals surface area contributed by atoms with Crippen LogP contribution in [0.2, 0.25) is 0 Å². The van der Waals surface area contributed by atoms with Crippen molar-refractivity contribution in [3.05, 3.63) is 30.5 Å². The highest BCUT2D eigenvalue weighted by Crippen LogP contribution is 2.05. The molecule has 1 unspecified atom stereocenters. The molecule has 5 heteroatoms. The Balaban J connectivity index is 2.61. The van der Waals surface area contributed by atoms with E-state index in [0.29, 0.717) is 18.1 Å². The van der Waals surface area contributed by atoms with Crippen LogP contribution in [0.5, 0.6) is 0 Å². The summed E-state index contributed by atoms with van der Waals surface area (Å²) >= 11 is 0. The van der Waals surface area contributed by atoms with Crippen molar-refractivity contribution in [2.24, 2.45) is 0 Å². The fourth-order valence-corrected chi connectivity index (χ4v) is 1.34. The summed E-state index contributed by atoms with van der Waals surface area (Å²) in [5.41, 5.74) is 0.328. The zero-order valence-corrected chi connectivity index (χ0v) is 10.2. The second-order valence-electron chi connectivity index (χ2n) is 3.73. The lowest BCUT2D eigenvalue weighted by molar-refractivity contribution is 0.0950. The lowest BCUT2D eigenvalue weighted by Crippen LogP contribution is -2.24. The molecule has 1 atom stereocenters. The second kappa shape index (κ2) is 6.62. The lowest BCUT2D eigenvalue weighted by Gasteiger charge is -2.11. The van der Waals surface area contributed by atoms with Gasteiger partial charge in [0, 0.05) is 12.6 Å². The zero-order valence-electron chi connectivity index (χ0n) is 10.2. The van der Waals surface area contributed by atoms with Crippen LogP contribution in [-0.2, 0) is 0 Å². The summed E-state index contributed by atoms with van der Waals surface area (Å²) in [6.07, 6.45) is 2.69. The summed E-state index contributed by atoms with van der Waals surface area (Å²) < 4.78 is 0. The minimum atomic E-state index is -0.203. The molecule has 5 nitrogen and oxygen atoms in total. The highest BCUT2D eigenvalue weighted by Gasteiger charge is 2.07. The number of hydrogen-bond donors (Lipinski definition) is 2. The van der Waals surface area contributed by atoms with Gasteiger partial charge in [0.15, 0.2) is 5.69 Å². The molecule has 0 aliphatic carbocycles. The van der Waals surface area contributed by atoms with Crippen LogP contribution in [0, 0.1) is 0 Å². The molecular weight excluding hydrogens is 216 g/mol. The number of rotatable bonds is 6. The van der Waals surface area contributed by atoms with Crippen molar-refractivity contribution in [1.82, 2.24) is 15.5 Å². The van der Waals surface area contributed by atoms with Crippen molar-refractivity contribution >= 4 is 11.7 Å². The van der Waals surface area contributed by atoms with Gasteiger partial charge in [0.2, 0.25) is 0 Å². The molecule has 1 aromatic rings. The van der Waals surface area contributed by atoms with Crippen LogP contribution in [0.1, 0.15) is 30.8 Å². The normalized spacial score (nSPS) is 11.6. The molecule has 17 heavy (non-hydrogen) atoms. The average molecular weight is 234 g/mol. The number of aromatic nitrogens is 2. The van der Waals surface area contributed by atoms with Crippen molar-refractivity contribution < 1.29 is 4.79 Å². The number of nitrogens with one attached hydrogen (secondary N) is 2. The minimum absolute atomic E-state index is 0.203. The van der Waals surface area contributed by atoms with Crippen LogP contribution in [0.25, 0.3) is 0 Å². The molecule has 0 saturated heterocycles. The monoisotopic (exact) mass is 234 g/mol. The van der Waals surface area contributed by atoms with Gasteiger partial charge in [-0.1, -0.05) is 6.08 Å². The molecule has 1 aromatic heterocycles. The first kappa shape index (κ1) is 13.2. The maximum atomic E-state index is 11.4. The maximum absolute atomic E-state index is 11.4. The summed E-state index contributed by atoms with van der Waals surface area (Å²) in [5, 5.41) is 13.6. The van der Waals surface area contributed by atoms with Gasteiger partial charge in [-0.15, -0.1) is 16.8 Å². The smallest absolute Gasteiger partial charge is 0.271 e. The van der Waals surface area contributed by atoms with Gasteiger partial charge in [0.1, 0.15) is 5.82 Å². The molecule has 1 heterocycles. The van der Waals surface area contributed by atoms with Crippen molar-refractivity contribution in [2.75, 3.05) is 11.9 Å². The average Bonchev–Trinajstić information content (AvgIpc) is 2.30. The Hall–Kier alpha value is -1.91. The van der Waals surface area contributed by atoms with Crippen molar-refractivity contribution in [2.45, 2.75) is 26.3 Å². The van der Waals surface area contributed by atoms with Gasteiger partial charge in [0.25, 0.3) is 5.91 Å². The molecular formula is C12H18N4O. The molecule has 92 valence electrons. The Morgan fingerprint density at radius 2 is 2.29 bits per heavy atom. The van der Waals surface area contributed by atoms with E-state index < -0.39 is 0 Å². The third-order valence-electron chi connectivity index (χ3n) is 2.15. The highest BCUT2D eigenvalue weighted by atomic mass is 16.1. The van der Waals surface area contributed by atoms with E-state index in [2.05, 4.69) is 27.4 Å². The fraction of sp³-hybridized carbons (Fsp3) is 0.417. The summed E-state index contributed by atoms with van der Waals surface area (Å²) in [5.74, 6) is 0.457. The SMILES string of the molecule is C=CCC(C)Nc1ccc(C(=O)NCC)nn1. The Bertz CT molecular complexity index is 375. The Kier molecular flexibility index (Phi) is 5.13. The third-order valence-corrected chi connectivity index (χ3v) is 2.15. The van der Waals surface area contributed by atoms with Crippen molar-refractivity contribution in [1.29, 1.82) is 0 Å². The standard InChI is InChI=1S/C12H18N4O/c1-4-6-9(3)14-11-8-7-10(15-16-11)12(17)13-5-2/h4,7-9H,1,5-6H2,2-3H3,(H,13,17)(H,14,16). The minimum Gasteiger partial charge on any atom is -0.366 e. The van der Waals surface area contributed by atoms with E-state index in [1.54, 1.807) is 12.1 Å². The summed E-state index contributed by atoms with van der Waals surface area (Å²) in [6, 6.07) is 3.65. The van der Waals surface area contributed by atoms with Gasteiger partial charge < -0.3 is 10.6 Å².